The zero-order chi connectivity index (χ0) is 12.3. The van der Waals surface area contributed by atoms with E-state index in [1.54, 1.807) is 14.2 Å². The maximum absolute atomic E-state index is 5.66. The van der Waals surface area contributed by atoms with Gasteiger partial charge in [-0.1, -0.05) is 19.8 Å². The molecule has 0 unspecified atom stereocenters. The van der Waals surface area contributed by atoms with Crippen molar-refractivity contribution in [2.75, 3.05) is 33.9 Å². The fourth-order valence-corrected chi connectivity index (χ4v) is 4.61. The van der Waals surface area contributed by atoms with E-state index in [9.17, 15) is 0 Å². The van der Waals surface area contributed by atoms with Gasteiger partial charge in [-0.15, -0.1) is 0 Å². The largest absolute Gasteiger partial charge is 0.398 e. The van der Waals surface area contributed by atoms with Crippen molar-refractivity contribution in [3.63, 3.8) is 0 Å². The van der Waals surface area contributed by atoms with Crippen molar-refractivity contribution >= 4 is 8.56 Å². The number of unbranched alkanes of at least 4 members (excludes halogenated alkanes) is 1. The molecule has 0 aliphatic rings. The summed E-state index contributed by atoms with van der Waals surface area (Å²) < 4.78 is 11.3. The molecule has 0 rings (SSSR count). The first-order chi connectivity index (χ1) is 7.74. The topological polar surface area (TPSA) is 56.5 Å². The van der Waals surface area contributed by atoms with Crippen LogP contribution in [-0.4, -0.2) is 42.4 Å². The molecule has 0 aromatic carbocycles. The summed E-state index contributed by atoms with van der Waals surface area (Å²) in [6, 6.07) is 2.17. The Morgan fingerprint density at radius 1 is 1.06 bits per heavy atom. The summed E-state index contributed by atoms with van der Waals surface area (Å²) in [4.78, 5) is 0. The molecular formula is C11H28N2O2Si. The third-order valence-electron chi connectivity index (χ3n) is 2.89. The van der Waals surface area contributed by atoms with E-state index in [0.29, 0.717) is 6.54 Å². The first kappa shape index (κ1) is 16.1. The molecule has 98 valence electrons. The predicted molar refractivity (Wildman–Crippen MR) is 70.8 cm³/mol. The Hall–Kier alpha value is 0.0569. The Morgan fingerprint density at radius 2 is 1.69 bits per heavy atom. The second kappa shape index (κ2) is 10.2. The van der Waals surface area contributed by atoms with E-state index in [4.69, 9.17) is 14.6 Å². The molecular weight excluding hydrogens is 220 g/mol. The van der Waals surface area contributed by atoms with E-state index < -0.39 is 8.56 Å². The highest BCUT2D eigenvalue weighted by atomic mass is 28.4. The van der Waals surface area contributed by atoms with Gasteiger partial charge >= 0.3 is 8.56 Å². The standard InChI is InChI=1S/C11H28N2O2Si/c1-4-5-10-16(14-2,15-3)11-6-8-13-9-7-12/h13H,4-12H2,1-3H3. The van der Waals surface area contributed by atoms with Gasteiger partial charge in [0.15, 0.2) is 0 Å². The predicted octanol–water partition coefficient (Wildman–Crippen LogP) is 1.46. The van der Waals surface area contributed by atoms with Crippen LogP contribution in [0.4, 0.5) is 0 Å². The van der Waals surface area contributed by atoms with Crippen LogP contribution in [0.2, 0.25) is 12.1 Å². The summed E-state index contributed by atoms with van der Waals surface area (Å²) >= 11 is 0. The molecule has 5 heteroatoms. The molecule has 0 bridgehead atoms. The molecule has 0 aromatic heterocycles. The minimum Gasteiger partial charge on any atom is -0.398 e. The molecule has 0 saturated carbocycles. The summed E-state index contributed by atoms with van der Waals surface area (Å²) in [5.41, 5.74) is 5.41. The lowest BCUT2D eigenvalue weighted by Crippen LogP contribution is -2.40. The lowest BCUT2D eigenvalue weighted by Gasteiger charge is -2.27. The summed E-state index contributed by atoms with van der Waals surface area (Å²) in [5.74, 6) is 0. The summed E-state index contributed by atoms with van der Waals surface area (Å²) in [6.45, 7) is 4.80. The second-order valence-electron chi connectivity index (χ2n) is 4.06. The maximum Gasteiger partial charge on any atom is 0.337 e. The van der Waals surface area contributed by atoms with Gasteiger partial charge in [0.05, 0.1) is 0 Å². The molecule has 3 N–H and O–H groups in total. The molecule has 0 atom stereocenters. The van der Waals surface area contributed by atoms with Crippen LogP contribution in [0.15, 0.2) is 0 Å². The number of nitrogens with two attached hydrogens (primary N) is 1. The van der Waals surface area contributed by atoms with Crippen LogP contribution in [0.25, 0.3) is 0 Å². The molecule has 0 heterocycles. The van der Waals surface area contributed by atoms with Crippen molar-refractivity contribution in [3.05, 3.63) is 0 Å². The van der Waals surface area contributed by atoms with Crippen LogP contribution < -0.4 is 11.1 Å². The fraction of sp³-hybridized carbons (Fsp3) is 1.00. The van der Waals surface area contributed by atoms with Gasteiger partial charge in [-0.25, -0.2) is 0 Å². The molecule has 0 spiro atoms. The molecule has 0 aliphatic heterocycles. The van der Waals surface area contributed by atoms with E-state index in [-0.39, 0.29) is 0 Å². The molecule has 0 saturated heterocycles. The number of nitrogens with one attached hydrogen (secondary N) is 1. The average molecular weight is 248 g/mol. The van der Waals surface area contributed by atoms with Crippen LogP contribution in [0, 0.1) is 0 Å². The summed E-state index contributed by atoms with van der Waals surface area (Å²) in [6.07, 6.45) is 3.51. The molecule has 0 radical (unpaired) electrons. The van der Waals surface area contributed by atoms with E-state index in [0.717, 1.165) is 31.6 Å². The van der Waals surface area contributed by atoms with Crippen molar-refractivity contribution in [3.8, 4) is 0 Å². The lowest BCUT2D eigenvalue weighted by atomic mass is 10.4. The highest BCUT2D eigenvalue weighted by Crippen LogP contribution is 2.21. The number of rotatable bonds is 11. The zero-order valence-electron chi connectivity index (χ0n) is 11.1. The molecule has 0 aromatic rings. The van der Waals surface area contributed by atoms with Gasteiger partial charge < -0.3 is 19.9 Å². The first-order valence-corrected chi connectivity index (χ1v) is 8.49. The summed E-state index contributed by atoms with van der Waals surface area (Å²) in [7, 11) is 1.68. The molecule has 0 fully saturated rings. The lowest BCUT2D eigenvalue weighted by molar-refractivity contribution is 0.239. The van der Waals surface area contributed by atoms with E-state index in [1.807, 2.05) is 0 Å². The van der Waals surface area contributed by atoms with Crippen molar-refractivity contribution in [2.24, 2.45) is 5.73 Å². The van der Waals surface area contributed by atoms with E-state index in [2.05, 4.69) is 12.2 Å². The van der Waals surface area contributed by atoms with Gasteiger partial charge in [0.2, 0.25) is 0 Å². The zero-order valence-corrected chi connectivity index (χ0v) is 12.1. The smallest absolute Gasteiger partial charge is 0.337 e. The van der Waals surface area contributed by atoms with Gasteiger partial charge in [-0.05, 0) is 25.1 Å². The van der Waals surface area contributed by atoms with Crippen LogP contribution in [-0.2, 0) is 8.85 Å². The van der Waals surface area contributed by atoms with Gasteiger partial charge in [-0.2, -0.15) is 0 Å². The molecule has 16 heavy (non-hydrogen) atoms. The van der Waals surface area contributed by atoms with Crippen LogP contribution in [0.3, 0.4) is 0 Å². The highest BCUT2D eigenvalue weighted by molar-refractivity contribution is 6.67. The quantitative estimate of drug-likeness (QED) is 0.429. The van der Waals surface area contributed by atoms with Gasteiger partial charge in [-0.3, -0.25) is 0 Å². The fourth-order valence-electron chi connectivity index (χ4n) is 1.77. The SMILES string of the molecule is CCCC[Si](CCCNCCN)(OC)OC. The number of hydrogen-bond donors (Lipinski definition) is 2. The highest BCUT2D eigenvalue weighted by Gasteiger charge is 2.33. The average Bonchev–Trinajstić information content (AvgIpc) is 2.33. The van der Waals surface area contributed by atoms with Crippen molar-refractivity contribution in [1.29, 1.82) is 0 Å². The minimum atomic E-state index is -1.90. The van der Waals surface area contributed by atoms with E-state index >= 15 is 0 Å². The van der Waals surface area contributed by atoms with Crippen molar-refractivity contribution in [1.82, 2.24) is 5.32 Å². The third-order valence-corrected chi connectivity index (χ3v) is 6.61. The Bertz CT molecular complexity index is 155. The Kier molecular flexibility index (Phi) is 10.3. The van der Waals surface area contributed by atoms with Crippen LogP contribution in [0.1, 0.15) is 26.2 Å². The number of hydrogen-bond acceptors (Lipinski definition) is 4. The van der Waals surface area contributed by atoms with Gasteiger partial charge in [0.25, 0.3) is 0 Å². The molecule has 0 amide bonds. The van der Waals surface area contributed by atoms with Crippen LogP contribution in [0.5, 0.6) is 0 Å². The Balaban J connectivity index is 3.82. The van der Waals surface area contributed by atoms with Gasteiger partial charge in [0, 0.05) is 27.3 Å². The monoisotopic (exact) mass is 248 g/mol. The minimum absolute atomic E-state index is 0.701. The van der Waals surface area contributed by atoms with Crippen LogP contribution >= 0.6 is 0 Å². The van der Waals surface area contributed by atoms with Crippen molar-refractivity contribution < 1.29 is 8.85 Å². The third kappa shape index (κ3) is 6.60. The Labute approximate surface area is 101 Å². The second-order valence-corrected chi connectivity index (χ2v) is 7.70. The normalized spacial score (nSPS) is 12.0. The molecule has 4 nitrogen and oxygen atoms in total. The first-order valence-electron chi connectivity index (χ1n) is 6.25. The maximum atomic E-state index is 5.66. The Morgan fingerprint density at radius 3 is 2.19 bits per heavy atom. The van der Waals surface area contributed by atoms with Gasteiger partial charge in [0.1, 0.15) is 0 Å². The summed E-state index contributed by atoms with van der Waals surface area (Å²) in [5, 5.41) is 3.30. The molecule has 0 aliphatic carbocycles. The van der Waals surface area contributed by atoms with Crippen molar-refractivity contribution in [2.45, 2.75) is 38.3 Å². The van der Waals surface area contributed by atoms with E-state index in [1.165, 1.54) is 12.8 Å².